The van der Waals surface area contributed by atoms with Crippen molar-refractivity contribution < 1.29 is 33.5 Å². The van der Waals surface area contributed by atoms with Gasteiger partial charge in [0.1, 0.15) is 25.7 Å². The third-order valence-corrected chi connectivity index (χ3v) is 3.62. The zero-order valence-electron chi connectivity index (χ0n) is 15.3. The van der Waals surface area contributed by atoms with Gasteiger partial charge in [-0.2, -0.15) is 12.6 Å². The van der Waals surface area contributed by atoms with E-state index < -0.39 is 35.8 Å². The number of esters is 1. The normalized spacial score (nSPS) is 13.4. The average molecular weight is 392 g/mol. The first-order valence-electron chi connectivity index (χ1n) is 8.06. The topological polar surface area (TPSA) is 151 Å². The Morgan fingerprint density at radius 2 is 1.85 bits per heavy atom. The predicted molar refractivity (Wildman–Crippen MR) is 94.9 cm³/mol. The first-order chi connectivity index (χ1) is 12.0. The summed E-state index contributed by atoms with van der Waals surface area (Å²) in [6.07, 6.45) is -0.298. The molecule has 0 fully saturated rings. The van der Waals surface area contributed by atoms with E-state index in [0.29, 0.717) is 11.0 Å². The molecule has 0 aliphatic heterocycles. The molecule has 0 saturated heterocycles. The smallest absolute Gasteiger partial charge is 0.325 e. The van der Waals surface area contributed by atoms with Crippen LogP contribution in [-0.2, 0) is 23.9 Å². The lowest BCUT2D eigenvalue weighted by molar-refractivity contribution is -0.870. The summed E-state index contributed by atoms with van der Waals surface area (Å²) in [6.45, 7) is 0.526. The van der Waals surface area contributed by atoms with Gasteiger partial charge in [-0.25, -0.2) is 0 Å². The SMILES string of the molecule is C[N+](C)(C)CCOC(=O)CNC(=O)[C@@H](CS)NC(=O)CC[C@H](N)C(=O)[O-]. The summed E-state index contributed by atoms with van der Waals surface area (Å²) in [5.74, 6) is -3.19. The molecule has 0 rings (SSSR count). The van der Waals surface area contributed by atoms with Crippen LogP contribution >= 0.6 is 12.6 Å². The Labute approximate surface area is 158 Å². The summed E-state index contributed by atoms with van der Waals surface area (Å²) >= 11 is 3.98. The van der Waals surface area contributed by atoms with Crippen molar-refractivity contribution in [3.8, 4) is 0 Å². The molecule has 11 heteroatoms. The van der Waals surface area contributed by atoms with E-state index in [1.165, 1.54) is 0 Å². The molecule has 0 aromatic rings. The van der Waals surface area contributed by atoms with E-state index in [0.717, 1.165) is 0 Å². The number of likely N-dealkylation sites (N-methyl/N-ethyl adjacent to an activating group) is 1. The molecule has 2 atom stereocenters. The third-order valence-electron chi connectivity index (χ3n) is 3.25. The number of aliphatic carboxylic acids is 1. The summed E-state index contributed by atoms with van der Waals surface area (Å²) in [6, 6.07) is -2.23. The lowest BCUT2D eigenvalue weighted by Crippen LogP contribution is -2.49. The van der Waals surface area contributed by atoms with Crippen LogP contribution in [0.15, 0.2) is 0 Å². The lowest BCUT2D eigenvalue weighted by Gasteiger charge is -2.23. The van der Waals surface area contributed by atoms with Gasteiger partial charge in [0.05, 0.1) is 27.1 Å². The van der Waals surface area contributed by atoms with Crippen LogP contribution in [0.5, 0.6) is 0 Å². The van der Waals surface area contributed by atoms with Gasteiger partial charge >= 0.3 is 5.97 Å². The molecule has 0 unspecified atom stereocenters. The van der Waals surface area contributed by atoms with Gasteiger partial charge in [0.2, 0.25) is 11.8 Å². The number of carboxylic acids is 1. The van der Waals surface area contributed by atoms with E-state index >= 15 is 0 Å². The molecular weight excluding hydrogens is 364 g/mol. The Morgan fingerprint density at radius 3 is 2.35 bits per heavy atom. The lowest BCUT2D eigenvalue weighted by atomic mass is 10.1. The maximum Gasteiger partial charge on any atom is 0.325 e. The summed E-state index contributed by atoms with van der Waals surface area (Å²) in [7, 11) is 5.86. The fourth-order valence-corrected chi connectivity index (χ4v) is 1.89. The first-order valence-corrected chi connectivity index (χ1v) is 8.70. The highest BCUT2D eigenvalue weighted by Gasteiger charge is 2.20. The number of thiol groups is 1. The fourth-order valence-electron chi connectivity index (χ4n) is 1.63. The number of carboxylic acid groups (broad SMARTS) is 1. The Hall–Kier alpha value is -1.85. The van der Waals surface area contributed by atoms with Gasteiger partial charge in [0.25, 0.3) is 0 Å². The highest BCUT2D eigenvalue weighted by atomic mass is 32.1. The van der Waals surface area contributed by atoms with Gasteiger partial charge in [-0.3, -0.25) is 14.4 Å². The van der Waals surface area contributed by atoms with Crippen LogP contribution < -0.4 is 21.5 Å². The van der Waals surface area contributed by atoms with Crippen LogP contribution in [0.3, 0.4) is 0 Å². The molecule has 0 aliphatic carbocycles. The van der Waals surface area contributed by atoms with Gasteiger partial charge in [-0.05, 0) is 6.42 Å². The Kier molecular flexibility index (Phi) is 10.9. The molecule has 10 nitrogen and oxygen atoms in total. The first kappa shape index (κ1) is 24.1. The quantitative estimate of drug-likeness (QED) is 0.154. The average Bonchev–Trinajstić information content (AvgIpc) is 2.53. The number of rotatable bonds is 12. The molecule has 0 radical (unpaired) electrons. The monoisotopic (exact) mass is 392 g/mol. The van der Waals surface area contributed by atoms with Gasteiger partial charge in [0.15, 0.2) is 0 Å². The van der Waals surface area contributed by atoms with E-state index in [-0.39, 0.29) is 31.7 Å². The molecule has 0 bridgehead atoms. The molecule has 0 aliphatic rings. The Bertz CT molecular complexity index is 509. The minimum absolute atomic E-state index is 0.000659. The number of hydrogen-bond acceptors (Lipinski definition) is 8. The van der Waals surface area contributed by atoms with E-state index in [9.17, 15) is 24.3 Å². The number of ether oxygens (including phenoxy) is 1. The molecule has 0 heterocycles. The second kappa shape index (κ2) is 11.7. The Morgan fingerprint density at radius 1 is 1.23 bits per heavy atom. The summed E-state index contributed by atoms with van der Waals surface area (Å²) < 4.78 is 5.63. The highest BCUT2D eigenvalue weighted by molar-refractivity contribution is 7.80. The van der Waals surface area contributed by atoms with Crippen molar-refractivity contribution in [2.45, 2.75) is 24.9 Å². The number of nitrogens with one attached hydrogen (secondary N) is 2. The van der Waals surface area contributed by atoms with Crippen molar-refractivity contribution >= 4 is 36.4 Å². The number of nitrogens with zero attached hydrogens (tertiary/aromatic N) is 1. The van der Waals surface area contributed by atoms with Crippen LogP contribution in [0, 0.1) is 0 Å². The molecule has 2 amide bonds. The van der Waals surface area contributed by atoms with E-state index in [1.807, 2.05) is 21.1 Å². The van der Waals surface area contributed by atoms with Crippen molar-refractivity contribution in [2.24, 2.45) is 5.73 Å². The van der Waals surface area contributed by atoms with E-state index in [4.69, 9.17) is 10.5 Å². The number of nitrogens with two attached hydrogens (primary N) is 1. The maximum absolute atomic E-state index is 12.0. The van der Waals surface area contributed by atoms with Crippen LogP contribution in [0.2, 0.25) is 0 Å². The number of carbonyl (C=O) groups excluding carboxylic acids is 4. The van der Waals surface area contributed by atoms with Crippen molar-refractivity contribution in [3.05, 3.63) is 0 Å². The highest BCUT2D eigenvalue weighted by Crippen LogP contribution is 1.97. The van der Waals surface area contributed by atoms with Gasteiger partial charge in [0, 0.05) is 18.2 Å². The number of quaternary nitrogens is 1. The summed E-state index contributed by atoms with van der Waals surface area (Å²) in [5.41, 5.74) is 5.25. The molecule has 0 saturated carbocycles. The molecule has 4 N–H and O–H groups in total. The van der Waals surface area contributed by atoms with E-state index in [1.54, 1.807) is 0 Å². The summed E-state index contributed by atoms with van der Waals surface area (Å²) in [4.78, 5) is 45.8. The zero-order chi connectivity index (χ0) is 20.3. The van der Waals surface area contributed by atoms with Gasteiger partial charge < -0.3 is 35.5 Å². The van der Waals surface area contributed by atoms with E-state index in [2.05, 4.69) is 23.3 Å². The largest absolute Gasteiger partial charge is 0.548 e. The Balaban J connectivity index is 4.21. The predicted octanol–water partition coefficient (Wildman–Crippen LogP) is -3.38. The molecule has 150 valence electrons. The second-order valence-electron chi connectivity index (χ2n) is 6.72. The van der Waals surface area contributed by atoms with Crippen LogP contribution in [0.4, 0.5) is 0 Å². The minimum Gasteiger partial charge on any atom is -0.548 e. The number of amides is 2. The fraction of sp³-hybridized carbons (Fsp3) is 0.733. The molecular formula is C15H28N4O6S. The molecule has 26 heavy (non-hydrogen) atoms. The zero-order valence-corrected chi connectivity index (χ0v) is 16.2. The van der Waals surface area contributed by atoms with Crippen LogP contribution in [-0.4, -0.2) is 86.9 Å². The van der Waals surface area contributed by atoms with Crippen molar-refractivity contribution in [1.82, 2.24) is 10.6 Å². The van der Waals surface area contributed by atoms with Crippen LogP contribution in [0.1, 0.15) is 12.8 Å². The number of carbonyl (C=O) groups is 4. The number of hydrogen-bond donors (Lipinski definition) is 4. The second-order valence-corrected chi connectivity index (χ2v) is 7.08. The third kappa shape index (κ3) is 11.7. The molecule has 0 spiro atoms. The molecule has 0 aromatic heterocycles. The minimum atomic E-state index is -1.45. The standard InChI is InChI=1S/C15H28N4O6S/c1-19(2,3)6-7-25-13(21)8-17-14(22)11(9-26)18-12(20)5-4-10(16)15(23)24/h10-11H,4-9,16H2,1-3H3,(H3-,17,18,20,22,23,24,26)/t10-,11+/m0/s1. The summed E-state index contributed by atoms with van der Waals surface area (Å²) in [5, 5.41) is 15.2. The molecule has 0 aromatic carbocycles. The van der Waals surface area contributed by atoms with Gasteiger partial charge in [-0.15, -0.1) is 0 Å². The van der Waals surface area contributed by atoms with Crippen molar-refractivity contribution in [2.75, 3.05) is 46.6 Å². The van der Waals surface area contributed by atoms with Gasteiger partial charge in [-0.1, -0.05) is 0 Å². The van der Waals surface area contributed by atoms with Crippen molar-refractivity contribution in [3.63, 3.8) is 0 Å². The maximum atomic E-state index is 12.0. The van der Waals surface area contributed by atoms with Crippen molar-refractivity contribution in [1.29, 1.82) is 0 Å². The van der Waals surface area contributed by atoms with Crippen LogP contribution in [0.25, 0.3) is 0 Å².